The molecule has 244 valence electrons. The molecule has 8 heteroatoms. The lowest BCUT2D eigenvalue weighted by molar-refractivity contribution is -0.280. The maximum atomic E-state index is 14.2. The lowest BCUT2D eigenvalue weighted by Crippen LogP contribution is -2.76. The van der Waals surface area contributed by atoms with Crippen LogP contribution in [0.2, 0.25) is 0 Å². The van der Waals surface area contributed by atoms with Crippen molar-refractivity contribution in [2.75, 3.05) is 0 Å². The van der Waals surface area contributed by atoms with Gasteiger partial charge in [-0.1, -0.05) is 13.8 Å². The van der Waals surface area contributed by atoms with Crippen molar-refractivity contribution in [2.45, 2.75) is 152 Å². The van der Waals surface area contributed by atoms with E-state index in [1.165, 1.54) is 16.6 Å². The van der Waals surface area contributed by atoms with Crippen LogP contribution in [0.4, 0.5) is 0 Å². The number of Topliss-reactive ketones (excluding diaryl/α,β-unsaturated/α-hetero) is 1. The first-order valence-corrected chi connectivity index (χ1v) is 17.2. The van der Waals surface area contributed by atoms with E-state index < -0.39 is 57.8 Å². The van der Waals surface area contributed by atoms with Gasteiger partial charge in [0, 0.05) is 38.9 Å². The number of H-pyrrole nitrogens is 1. The molecule has 0 radical (unpaired) electrons. The van der Waals surface area contributed by atoms with Gasteiger partial charge in [0.1, 0.15) is 23.9 Å². The van der Waals surface area contributed by atoms with Gasteiger partial charge in [0.25, 0.3) is 0 Å². The predicted molar refractivity (Wildman–Crippen MR) is 167 cm³/mol. The average molecular weight is 620 g/mol. The van der Waals surface area contributed by atoms with Gasteiger partial charge in [-0.3, -0.25) is 4.79 Å². The maximum absolute atomic E-state index is 14.2. The molecule has 3 saturated heterocycles. The molecule has 7 aliphatic rings. The number of aromatic nitrogens is 1. The van der Waals surface area contributed by atoms with Gasteiger partial charge in [0.15, 0.2) is 11.4 Å². The largest absolute Gasteiger partial charge is 0.388 e. The molecular formula is C37H49NO7. The highest BCUT2D eigenvalue weighted by molar-refractivity contribution is 6.06. The van der Waals surface area contributed by atoms with Crippen LogP contribution in [0.3, 0.4) is 0 Å². The Morgan fingerprint density at radius 3 is 2.42 bits per heavy atom. The van der Waals surface area contributed by atoms with Crippen LogP contribution in [-0.2, 0) is 32.5 Å². The summed E-state index contributed by atoms with van der Waals surface area (Å²) in [5, 5.41) is 36.4. The highest BCUT2D eigenvalue weighted by atomic mass is 16.7. The lowest BCUT2D eigenvalue weighted by Gasteiger charge is -2.66. The Kier molecular flexibility index (Phi) is 5.26. The van der Waals surface area contributed by atoms with Crippen LogP contribution in [0, 0.1) is 23.2 Å². The monoisotopic (exact) mass is 619 g/mol. The van der Waals surface area contributed by atoms with Crippen molar-refractivity contribution < 1.29 is 34.3 Å². The first-order valence-electron chi connectivity index (χ1n) is 17.2. The second-order valence-corrected chi connectivity index (χ2v) is 17.8. The van der Waals surface area contributed by atoms with Crippen LogP contribution in [0.1, 0.15) is 108 Å². The molecule has 8 nitrogen and oxygen atoms in total. The summed E-state index contributed by atoms with van der Waals surface area (Å²) in [4.78, 5) is 18.0. The van der Waals surface area contributed by atoms with Crippen LogP contribution in [0.25, 0.3) is 10.9 Å². The molecule has 2 saturated carbocycles. The fourth-order valence-electron chi connectivity index (χ4n) is 12.6. The van der Waals surface area contributed by atoms with Crippen molar-refractivity contribution in [3.8, 4) is 0 Å². The van der Waals surface area contributed by atoms with Gasteiger partial charge in [-0.2, -0.15) is 0 Å². The van der Waals surface area contributed by atoms with E-state index in [0.29, 0.717) is 18.8 Å². The SMILES string of the molecule is CC1(C)OC(C)(C)C2C(=O)c3ccc4[nH]c5c(c4c3CC21)C[C@@H]1CC[C@@]2(O)C34OC3C(O)[C@@H](C(C)(C)O)OC4CC[C@]2(C)[C@@]51C. The van der Waals surface area contributed by atoms with E-state index in [2.05, 4.69) is 52.6 Å². The standard InChI is InChI=1S/C37H49NO7/c1-31(2,41)29-27(40)30-37(44-30)23(43-29)12-13-34(7)35(8)17(11-14-36(34,37)42)15-20-24-19-16-21-25(33(5,6)45-32(21,3)4)26(39)18(19)9-10-22(24)38-28(20)35/h9-10,17,21,23,25,27,29-30,38,40-42H,11-16H2,1-8H3/t17-,21?,23?,25?,27?,29-,30?,34+,35+,36-,37?/m0/s1. The van der Waals surface area contributed by atoms with E-state index in [-0.39, 0.29) is 23.0 Å². The Bertz CT molecular complexity index is 1690. The number of epoxide rings is 1. The van der Waals surface area contributed by atoms with Crippen molar-refractivity contribution in [2.24, 2.45) is 23.2 Å². The molecule has 4 heterocycles. The Labute approximate surface area is 265 Å². The first-order chi connectivity index (χ1) is 20.8. The number of ketones is 1. The van der Waals surface area contributed by atoms with E-state index >= 15 is 0 Å². The molecule has 5 fully saturated rings. The quantitative estimate of drug-likeness (QED) is 0.346. The lowest BCUT2D eigenvalue weighted by atomic mass is 9.40. The Morgan fingerprint density at radius 1 is 0.978 bits per heavy atom. The van der Waals surface area contributed by atoms with Crippen molar-refractivity contribution in [3.63, 3.8) is 0 Å². The van der Waals surface area contributed by atoms with E-state index in [1.54, 1.807) is 13.8 Å². The van der Waals surface area contributed by atoms with Gasteiger partial charge in [-0.05, 0) is 109 Å². The molecule has 2 aromatic rings. The molecular weight excluding hydrogens is 570 g/mol. The number of rotatable bonds is 1. The summed E-state index contributed by atoms with van der Waals surface area (Å²) < 4.78 is 19.4. The summed E-state index contributed by atoms with van der Waals surface area (Å²) in [7, 11) is 0. The van der Waals surface area contributed by atoms with E-state index in [9.17, 15) is 20.1 Å². The third kappa shape index (κ3) is 3.06. The average Bonchev–Trinajstić information content (AvgIpc) is 3.44. The summed E-state index contributed by atoms with van der Waals surface area (Å²) in [5.74, 6) is 0.467. The Morgan fingerprint density at radius 2 is 1.71 bits per heavy atom. The molecule has 4 N–H and O–H groups in total. The van der Waals surface area contributed by atoms with Gasteiger partial charge < -0.3 is 34.5 Å². The topological polar surface area (TPSA) is 125 Å². The fourth-order valence-corrected chi connectivity index (χ4v) is 12.6. The summed E-state index contributed by atoms with van der Waals surface area (Å²) in [6.07, 6.45) is 1.78. The normalized spacial score (nSPS) is 48.5. The number of aliphatic hydroxyl groups is 3. The third-order valence-electron chi connectivity index (χ3n) is 14.8. The van der Waals surface area contributed by atoms with Crippen molar-refractivity contribution in [3.05, 3.63) is 34.5 Å². The minimum atomic E-state index is -1.23. The van der Waals surface area contributed by atoms with Gasteiger partial charge >= 0.3 is 0 Å². The highest BCUT2D eigenvalue weighted by Gasteiger charge is 2.86. The van der Waals surface area contributed by atoms with E-state index in [0.717, 1.165) is 42.3 Å². The van der Waals surface area contributed by atoms with Crippen LogP contribution in [-0.4, -0.2) is 78.5 Å². The zero-order valence-electron chi connectivity index (χ0n) is 27.9. The van der Waals surface area contributed by atoms with Crippen molar-refractivity contribution in [1.82, 2.24) is 4.98 Å². The second kappa shape index (κ2) is 8.07. The maximum Gasteiger partial charge on any atom is 0.169 e. The molecule has 11 atom stereocenters. The fraction of sp³-hybridized carbons (Fsp3) is 0.757. The Hall–Kier alpha value is -1.81. The van der Waals surface area contributed by atoms with E-state index in [1.807, 2.05) is 6.07 Å². The molecule has 1 aromatic heterocycles. The molecule has 0 bridgehead atoms. The number of carbonyl (C=O) groups excluding carboxylic acids is 1. The number of aromatic amines is 1. The number of hydrogen-bond donors (Lipinski definition) is 4. The molecule has 1 aromatic carbocycles. The summed E-state index contributed by atoms with van der Waals surface area (Å²) >= 11 is 0. The molecule has 0 amide bonds. The summed E-state index contributed by atoms with van der Waals surface area (Å²) in [6.45, 7) is 16.3. The van der Waals surface area contributed by atoms with Crippen LogP contribution >= 0.6 is 0 Å². The second-order valence-electron chi connectivity index (χ2n) is 17.8. The zero-order valence-corrected chi connectivity index (χ0v) is 27.9. The minimum Gasteiger partial charge on any atom is -0.388 e. The molecule has 45 heavy (non-hydrogen) atoms. The summed E-state index contributed by atoms with van der Waals surface area (Å²) in [6, 6.07) is 4.11. The molecule has 4 aliphatic carbocycles. The number of benzene rings is 1. The van der Waals surface area contributed by atoms with Crippen LogP contribution in [0.15, 0.2) is 12.1 Å². The van der Waals surface area contributed by atoms with Gasteiger partial charge in [0.05, 0.1) is 28.8 Å². The van der Waals surface area contributed by atoms with E-state index in [4.69, 9.17) is 14.2 Å². The minimum absolute atomic E-state index is 0.106. The zero-order chi connectivity index (χ0) is 32.1. The number of nitrogens with one attached hydrogen (secondary N) is 1. The number of ether oxygens (including phenoxy) is 3. The third-order valence-corrected chi connectivity index (χ3v) is 14.8. The van der Waals surface area contributed by atoms with Gasteiger partial charge in [-0.25, -0.2) is 0 Å². The molecule has 1 spiro atoms. The summed E-state index contributed by atoms with van der Waals surface area (Å²) in [5.41, 5.74) is 0.255. The highest BCUT2D eigenvalue weighted by Crippen LogP contribution is 2.75. The number of carbonyl (C=O) groups is 1. The number of aliphatic hydroxyl groups excluding tert-OH is 1. The molecule has 3 aliphatic heterocycles. The van der Waals surface area contributed by atoms with Crippen molar-refractivity contribution in [1.29, 1.82) is 0 Å². The molecule has 6 unspecified atom stereocenters. The van der Waals surface area contributed by atoms with Crippen LogP contribution in [0.5, 0.6) is 0 Å². The van der Waals surface area contributed by atoms with Gasteiger partial charge in [0.2, 0.25) is 0 Å². The van der Waals surface area contributed by atoms with Gasteiger partial charge in [-0.15, -0.1) is 0 Å². The smallest absolute Gasteiger partial charge is 0.169 e. The predicted octanol–water partition coefficient (Wildman–Crippen LogP) is 4.52. The Balaban J connectivity index is 1.17. The van der Waals surface area contributed by atoms with Crippen LogP contribution < -0.4 is 0 Å². The van der Waals surface area contributed by atoms with Crippen molar-refractivity contribution >= 4 is 16.7 Å². The molecule has 9 rings (SSSR count). The first kappa shape index (κ1) is 29.3. The number of fused-ring (bicyclic) bond motifs is 10. The number of hydrogen-bond acceptors (Lipinski definition) is 7.